The molecule has 0 radical (unpaired) electrons. The number of thiophene rings is 1. The first-order valence-corrected chi connectivity index (χ1v) is 10.1. The predicted molar refractivity (Wildman–Crippen MR) is 86.8 cm³/mol. The maximum absolute atomic E-state index is 12.6. The molecular formula is C14H19N5O2S2. The molecule has 0 aliphatic carbocycles. The fourth-order valence-electron chi connectivity index (χ4n) is 3.31. The lowest BCUT2D eigenvalue weighted by Crippen LogP contribution is -2.38. The Morgan fingerprint density at radius 2 is 2.04 bits per heavy atom. The highest BCUT2D eigenvalue weighted by molar-refractivity contribution is 7.91. The predicted octanol–water partition coefficient (Wildman–Crippen LogP) is 1.01. The molecule has 7 nitrogen and oxygen atoms in total. The van der Waals surface area contributed by atoms with Gasteiger partial charge in [0.25, 0.3) is 10.0 Å². The number of hydrogen-bond acceptors (Lipinski definition) is 6. The van der Waals surface area contributed by atoms with Crippen LogP contribution in [0.5, 0.6) is 0 Å². The second kappa shape index (κ2) is 5.97. The van der Waals surface area contributed by atoms with E-state index < -0.39 is 10.0 Å². The van der Waals surface area contributed by atoms with E-state index in [1.807, 2.05) is 0 Å². The van der Waals surface area contributed by atoms with Crippen molar-refractivity contribution in [3.8, 4) is 0 Å². The number of rotatable bonds is 3. The van der Waals surface area contributed by atoms with Crippen LogP contribution in [-0.4, -0.2) is 47.1 Å². The number of piperidine rings is 1. The molecule has 124 valence electrons. The van der Waals surface area contributed by atoms with Crippen LogP contribution in [0.25, 0.3) is 0 Å². The van der Waals surface area contributed by atoms with Crippen LogP contribution in [0.3, 0.4) is 0 Å². The molecule has 0 amide bonds. The zero-order chi connectivity index (χ0) is 15.9. The summed E-state index contributed by atoms with van der Waals surface area (Å²) in [4.78, 5) is 0. The van der Waals surface area contributed by atoms with Crippen molar-refractivity contribution in [3.63, 3.8) is 0 Å². The molecule has 0 spiro atoms. The summed E-state index contributed by atoms with van der Waals surface area (Å²) in [5.74, 6) is 2.30. The summed E-state index contributed by atoms with van der Waals surface area (Å²) in [5, 5.41) is 13.7. The van der Waals surface area contributed by atoms with Crippen LogP contribution >= 0.6 is 11.3 Å². The van der Waals surface area contributed by atoms with E-state index in [1.165, 1.54) is 11.3 Å². The third kappa shape index (κ3) is 2.71. The Balaban J connectivity index is 1.48. The third-order valence-electron chi connectivity index (χ3n) is 4.56. The molecular weight excluding hydrogens is 334 g/mol. The van der Waals surface area contributed by atoms with Crippen molar-refractivity contribution in [2.24, 2.45) is 0 Å². The molecule has 4 heterocycles. The Hall–Kier alpha value is -1.29. The quantitative estimate of drug-likeness (QED) is 0.891. The van der Waals surface area contributed by atoms with Crippen molar-refractivity contribution >= 4 is 21.4 Å². The van der Waals surface area contributed by atoms with Crippen molar-refractivity contribution in [1.29, 1.82) is 0 Å². The van der Waals surface area contributed by atoms with E-state index in [-0.39, 0.29) is 0 Å². The van der Waals surface area contributed by atoms with Gasteiger partial charge in [0.2, 0.25) is 0 Å². The lowest BCUT2D eigenvalue weighted by atomic mass is 9.97. The van der Waals surface area contributed by atoms with Gasteiger partial charge in [0.15, 0.2) is 0 Å². The molecule has 4 rings (SSSR count). The van der Waals surface area contributed by atoms with Gasteiger partial charge in [-0.1, -0.05) is 6.07 Å². The summed E-state index contributed by atoms with van der Waals surface area (Å²) in [6.07, 6.45) is 1.60. The van der Waals surface area contributed by atoms with E-state index in [0.717, 1.165) is 44.1 Å². The van der Waals surface area contributed by atoms with E-state index in [1.54, 1.807) is 21.8 Å². The number of nitrogens with one attached hydrogen (secondary N) is 1. The summed E-state index contributed by atoms with van der Waals surface area (Å²) in [7, 11) is -3.33. The van der Waals surface area contributed by atoms with Crippen molar-refractivity contribution in [3.05, 3.63) is 29.2 Å². The first kappa shape index (κ1) is 15.3. The topological polar surface area (TPSA) is 80.1 Å². The fourth-order valence-corrected chi connectivity index (χ4v) is 5.92. The van der Waals surface area contributed by atoms with E-state index >= 15 is 0 Å². The number of nitrogens with zero attached hydrogens (tertiary/aromatic N) is 4. The summed E-state index contributed by atoms with van der Waals surface area (Å²) in [6, 6.07) is 3.45. The zero-order valence-corrected chi connectivity index (χ0v) is 14.3. The van der Waals surface area contributed by atoms with Crippen LogP contribution in [-0.2, 0) is 23.1 Å². The van der Waals surface area contributed by atoms with Crippen LogP contribution in [0.2, 0.25) is 0 Å². The molecule has 2 aliphatic heterocycles. The Morgan fingerprint density at radius 1 is 1.22 bits per heavy atom. The van der Waals surface area contributed by atoms with Crippen molar-refractivity contribution in [1.82, 2.24) is 24.4 Å². The minimum Gasteiger partial charge on any atom is -0.312 e. The molecule has 2 aromatic rings. The maximum atomic E-state index is 12.6. The van der Waals surface area contributed by atoms with Gasteiger partial charge in [-0.25, -0.2) is 8.42 Å². The Labute approximate surface area is 139 Å². The lowest BCUT2D eigenvalue weighted by Gasteiger charge is -2.31. The average molecular weight is 353 g/mol. The normalized spacial score (nSPS) is 20.5. The van der Waals surface area contributed by atoms with Gasteiger partial charge in [0.1, 0.15) is 15.9 Å². The van der Waals surface area contributed by atoms with Gasteiger partial charge in [-0.15, -0.1) is 21.5 Å². The highest BCUT2D eigenvalue weighted by Crippen LogP contribution is 2.31. The monoisotopic (exact) mass is 353 g/mol. The first-order chi connectivity index (χ1) is 11.2. The molecule has 0 aromatic carbocycles. The molecule has 0 saturated carbocycles. The van der Waals surface area contributed by atoms with Crippen LogP contribution in [0, 0.1) is 0 Å². The van der Waals surface area contributed by atoms with Crippen LogP contribution in [0.4, 0.5) is 0 Å². The summed E-state index contributed by atoms with van der Waals surface area (Å²) < 4.78 is 29.4. The van der Waals surface area contributed by atoms with Gasteiger partial charge >= 0.3 is 0 Å². The van der Waals surface area contributed by atoms with Gasteiger partial charge in [0.05, 0.1) is 6.54 Å². The number of sulfonamides is 1. The average Bonchev–Trinajstić information content (AvgIpc) is 3.25. The second-order valence-electron chi connectivity index (χ2n) is 5.91. The molecule has 1 N–H and O–H groups in total. The third-order valence-corrected chi connectivity index (χ3v) is 7.83. The minimum atomic E-state index is -3.33. The van der Waals surface area contributed by atoms with Crippen molar-refractivity contribution in [2.75, 3.05) is 19.6 Å². The Morgan fingerprint density at radius 3 is 2.78 bits per heavy atom. The molecule has 23 heavy (non-hydrogen) atoms. The smallest absolute Gasteiger partial charge is 0.252 e. The van der Waals surface area contributed by atoms with E-state index in [4.69, 9.17) is 0 Å². The standard InChI is InChI=1S/C14H19N5O2S2/c20-23(21,13-2-1-9-22-13)18-6-3-11(4-7-18)14-17-16-12-10-15-5-8-19(12)14/h1-2,9,11,15H,3-8,10H2. The van der Waals surface area contributed by atoms with E-state index in [9.17, 15) is 8.42 Å². The zero-order valence-electron chi connectivity index (χ0n) is 12.7. The molecule has 1 fully saturated rings. The maximum Gasteiger partial charge on any atom is 0.252 e. The van der Waals surface area contributed by atoms with Gasteiger partial charge in [-0.05, 0) is 24.3 Å². The van der Waals surface area contributed by atoms with Crippen LogP contribution in [0.1, 0.15) is 30.4 Å². The SMILES string of the molecule is O=S(=O)(c1cccs1)N1CCC(c2nnc3n2CCNC3)CC1. The summed E-state index contributed by atoms with van der Waals surface area (Å²) >= 11 is 1.28. The minimum absolute atomic E-state index is 0.295. The molecule has 0 unspecified atom stereocenters. The molecule has 0 bridgehead atoms. The molecule has 2 aliphatic rings. The van der Waals surface area contributed by atoms with E-state index in [0.29, 0.717) is 23.2 Å². The molecule has 9 heteroatoms. The lowest BCUT2D eigenvalue weighted by molar-refractivity contribution is 0.307. The van der Waals surface area contributed by atoms with Crippen molar-refractivity contribution in [2.45, 2.75) is 36.1 Å². The fraction of sp³-hybridized carbons (Fsp3) is 0.571. The molecule has 1 saturated heterocycles. The van der Waals surface area contributed by atoms with Crippen LogP contribution < -0.4 is 5.32 Å². The largest absolute Gasteiger partial charge is 0.312 e. The molecule has 0 atom stereocenters. The van der Waals surface area contributed by atoms with Gasteiger partial charge in [0, 0.05) is 32.1 Å². The van der Waals surface area contributed by atoms with Gasteiger partial charge < -0.3 is 9.88 Å². The van der Waals surface area contributed by atoms with Gasteiger partial charge in [-0.2, -0.15) is 4.31 Å². The second-order valence-corrected chi connectivity index (χ2v) is 9.03. The Bertz CT molecular complexity index is 776. The molecule has 2 aromatic heterocycles. The number of fused-ring (bicyclic) bond motifs is 1. The van der Waals surface area contributed by atoms with Crippen LogP contribution in [0.15, 0.2) is 21.7 Å². The number of aromatic nitrogens is 3. The Kier molecular flexibility index (Phi) is 3.96. The van der Waals surface area contributed by atoms with Gasteiger partial charge in [-0.3, -0.25) is 0 Å². The van der Waals surface area contributed by atoms with E-state index in [2.05, 4.69) is 20.1 Å². The summed E-state index contributed by atoms with van der Waals surface area (Å²) in [5.41, 5.74) is 0. The van der Waals surface area contributed by atoms with Crippen molar-refractivity contribution < 1.29 is 8.42 Å². The number of hydrogen-bond donors (Lipinski definition) is 1. The first-order valence-electron chi connectivity index (χ1n) is 7.82. The highest BCUT2D eigenvalue weighted by Gasteiger charge is 2.33. The summed E-state index contributed by atoms with van der Waals surface area (Å²) in [6.45, 7) is 3.68. The highest BCUT2D eigenvalue weighted by atomic mass is 32.2.